The SMILES string of the molecule is COC(=O)c1ccc([C@@H]2CN(C(=O)OC(C)(C)C)CC[C@H]2O)cc1. The Bertz CT molecular complexity index is 590. The molecule has 6 nitrogen and oxygen atoms in total. The van der Waals surface area contributed by atoms with Crippen molar-refractivity contribution in [2.75, 3.05) is 20.2 Å². The Labute approximate surface area is 142 Å². The van der Waals surface area contributed by atoms with Gasteiger partial charge in [0.15, 0.2) is 0 Å². The first kappa shape index (κ1) is 18.3. The number of carbonyl (C=O) groups excluding carboxylic acids is 2. The largest absolute Gasteiger partial charge is 0.465 e. The highest BCUT2D eigenvalue weighted by atomic mass is 16.6. The van der Waals surface area contributed by atoms with Crippen LogP contribution in [0.25, 0.3) is 0 Å². The summed E-state index contributed by atoms with van der Waals surface area (Å²) in [5.74, 6) is -0.612. The Morgan fingerprint density at radius 2 is 1.83 bits per heavy atom. The number of carbonyl (C=O) groups is 2. The molecule has 0 spiro atoms. The quantitative estimate of drug-likeness (QED) is 0.841. The third-order valence-electron chi connectivity index (χ3n) is 3.99. The van der Waals surface area contributed by atoms with Gasteiger partial charge in [0.05, 0.1) is 18.8 Å². The summed E-state index contributed by atoms with van der Waals surface area (Å²) < 4.78 is 10.1. The molecule has 1 aromatic rings. The first-order valence-corrected chi connectivity index (χ1v) is 8.05. The molecule has 132 valence electrons. The van der Waals surface area contributed by atoms with Gasteiger partial charge in [0, 0.05) is 19.0 Å². The minimum atomic E-state index is -0.551. The molecule has 1 fully saturated rings. The van der Waals surface area contributed by atoms with E-state index in [0.29, 0.717) is 25.1 Å². The van der Waals surface area contributed by atoms with Crippen LogP contribution in [0, 0.1) is 0 Å². The first-order chi connectivity index (χ1) is 11.2. The summed E-state index contributed by atoms with van der Waals surface area (Å²) in [6.07, 6.45) is -0.416. The zero-order valence-corrected chi connectivity index (χ0v) is 14.6. The van der Waals surface area contributed by atoms with Gasteiger partial charge in [0.25, 0.3) is 0 Å². The lowest BCUT2D eigenvalue weighted by atomic mass is 9.88. The van der Waals surface area contributed by atoms with Gasteiger partial charge >= 0.3 is 12.1 Å². The van der Waals surface area contributed by atoms with Crippen LogP contribution in [-0.4, -0.2) is 54.0 Å². The van der Waals surface area contributed by atoms with Crippen LogP contribution in [0.4, 0.5) is 4.79 Å². The summed E-state index contributed by atoms with van der Waals surface area (Å²) in [5.41, 5.74) is 0.782. The fourth-order valence-corrected chi connectivity index (χ4v) is 2.74. The maximum Gasteiger partial charge on any atom is 0.410 e. The summed E-state index contributed by atoms with van der Waals surface area (Å²) in [6, 6.07) is 6.91. The summed E-state index contributed by atoms with van der Waals surface area (Å²) in [6.45, 7) is 6.33. The molecule has 0 unspecified atom stereocenters. The molecule has 0 bridgehead atoms. The van der Waals surface area contributed by atoms with Crippen LogP contribution >= 0.6 is 0 Å². The molecule has 0 saturated carbocycles. The van der Waals surface area contributed by atoms with Crippen molar-refractivity contribution >= 4 is 12.1 Å². The van der Waals surface area contributed by atoms with Crippen molar-refractivity contribution in [2.45, 2.75) is 44.8 Å². The van der Waals surface area contributed by atoms with Crippen molar-refractivity contribution in [1.29, 1.82) is 0 Å². The van der Waals surface area contributed by atoms with Crippen molar-refractivity contribution in [3.63, 3.8) is 0 Å². The third kappa shape index (κ3) is 4.47. The number of piperidine rings is 1. The van der Waals surface area contributed by atoms with E-state index in [-0.39, 0.29) is 12.0 Å². The molecule has 1 aromatic carbocycles. The van der Waals surface area contributed by atoms with Gasteiger partial charge in [0.1, 0.15) is 5.60 Å². The molecular weight excluding hydrogens is 310 g/mol. The normalized spacial score (nSPS) is 21.3. The second-order valence-electron chi connectivity index (χ2n) is 7.00. The first-order valence-electron chi connectivity index (χ1n) is 8.05. The van der Waals surface area contributed by atoms with Gasteiger partial charge in [-0.05, 0) is 44.9 Å². The van der Waals surface area contributed by atoms with Crippen molar-refractivity contribution < 1.29 is 24.2 Å². The van der Waals surface area contributed by atoms with E-state index in [2.05, 4.69) is 4.74 Å². The number of benzene rings is 1. The van der Waals surface area contributed by atoms with Crippen LogP contribution in [-0.2, 0) is 9.47 Å². The van der Waals surface area contributed by atoms with Crippen molar-refractivity contribution in [2.24, 2.45) is 0 Å². The van der Waals surface area contributed by atoms with E-state index in [1.54, 1.807) is 29.2 Å². The highest BCUT2D eigenvalue weighted by Crippen LogP contribution is 2.28. The molecule has 1 amide bonds. The van der Waals surface area contributed by atoms with Crippen LogP contribution in [0.3, 0.4) is 0 Å². The van der Waals surface area contributed by atoms with E-state index < -0.39 is 17.7 Å². The molecule has 2 atom stereocenters. The summed E-state index contributed by atoms with van der Waals surface area (Å²) >= 11 is 0. The minimum absolute atomic E-state index is 0.210. The van der Waals surface area contributed by atoms with E-state index in [4.69, 9.17) is 4.74 Å². The number of aliphatic hydroxyl groups excluding tert-OH is 1. The Kier molecular flexibility index (Phi) is 5.49. The smallest absolute Gasteiger partial charge is 0.410 e. The highest BCUT2D eigenvalue weighted by Gasteiger charge is 2.33. The lowest BCUT2D eigenvalue weighted by Gasteiger charge is -2.37. The minimum Gasteiger partial charge on any atom is -0.465 e. The van der Waals surface area contributed by atoms with Gasteiger partial charge in [0.2, 0.25) is 0 Å². The van der Waals surface area contributed by atoms with Gasteiger partial charge in [-0.1, -0.05) is 12.1 Å². The monoisotopic (exact) mass is 335 g/mol. The number of amides is 1. The highest BCUT2D eigenvalue weighted by molar-refractivity contribution is 5.89. The Morgan fingerprint density at radius 1 is 1.21 bits per heavy atom. The average molecular weight is 335 g/mol. The molecule has 0 radical (unpaired) electrons. The van der Waals surface area contributed by atoms with Gasteiger partial charge < -0.3 is 19.5 Å². The number of methoxy groups -OCH3 is 1. The maximum absolute atomic E-state index is 12.2. The fourth-order valence-electron chi connectivity index (χ4n) is 2.74. The molecule has 1 aliphatic heterocycles. The van der Waals surface area contributed by atoms with E-state index in [0.717, 1.165) is 5.56 Å². The standard InChI is InChI=1S/C18H25NO5/c1-18(2,3)24-17(22)19-10-9-15(20)14(11-19)12-5-7-13(8-6-12)16(21)23-4/h5-8,14-15,20H,9-11H2,1-4H3/t14-,15+/m0/s1. The third-order valence-corrected chi connectivity index (χ3v) is 3.99. The summed E-state index contributed by atoms with van der Waals surface area (Å²) in [5, 5.41) is 10.3. The Balaban J connectivity index is 2.11. The summed E-state index contributed by atoms with van der Waals surface area (Å²) in [4.78, 5) is 25.4. The molecule has 1 saturated heterocycles. The molecule has 2 rings (SSSR count). The molecule has 1 N–H and O–H groups in total. The number of ether oxygens (including phenoxy) is 2. The van der Waals surface area contributed by atoms with Crippen LogP contribution in [0.5, 0.6) is 0 Å². The number of nitrogens with zero attached hydrogens (tertiary/aromatic N) is 1. The van der Waals surface area contributed by atoms with Gasteiger partial charge in [-0.15, -0.1) is 0 Å². The van der Waals surface area contributed by atoms with Crippen LogP contribution < -0.4 is 0 Å². The maximum atomic E-state index is 12.2. The second kappa shape index (κ2) is 7.21. The van der Waals surface area contributed by atoms with E-state index in [1.165, 1.54) is 7.11 Å². The topological polar surface area (TPSA) is 76.1 Å². The molecule has 6 heteroatoms. The zero-order valence-electron chi connectivity index (χ0n) is 14.6. The summed E-state index contributed by atoms with van der Waals surface area (Å²) in [7, 11) is 1.33. The van der Waals surface area contributed by atoms with E-state index in [9.17, 15) is 14.7 Å². The lowest BCUT2D eigenvalue weighted by molar-refractivity contribution is 0.00407. The van der Waals surface area contributed by atoms with Crippen LogP contribution in [0.2, 0.25) is 0 Å². The number of aliphatic hydroxyl groups is 1. The van der Waals surface area contributed by atoms with Gasteiger partial charge in [-0.2, -0.15) is 0 Å². The van der Waals surface area contributed by atoms with Crippen molar-refractivity contribution in [3.8, 4) is 0 Å². The number of esters is 1. The fraction of sp³-hybridized carbons (Fsp3) is 0.556. The van der Waals surface area contributed by atoms with Crippen LogP contribution in [0.1, 0.15) is 49.0 Å². The molecule has 24 heavy (non-hydrogen) atoms. The Morgan fingerprint density at radius 3 is 2.38 bits per heavy atom. The molecule has 0 aromatic heterocycles. The van der Waals surface area contributed by atoms with Crippen molar-refractivity contribution in [3.05, 3.63) is 35.4 Å². The van der Waals surface area contributed by atoms with Crippen molar-refractivity contribution in [1.82, 2.24) is 4.90 Å². The number of rotatable bonds is 2. The lowest BCUT2D eigenvalue weighted by Crippen LogP contribution is -2.46. The zero-order chi connectivity index (χ0) is 17.9. The molecular formula is C18H25NO5. The number of hydrogen-bond donors (Lipinski definition) is 1. The Hall–Kier alpha value is -2.08. The molecule has 1 heterocycles. The molecule has 0 aliphatic carbocycles. The van der Waals surface area contributed by atoms with E-state index in [1.807, 2.05) is 20.8 Å². The van der Waals surface area contributed by atoms with E-state index >= 15 is 0 Å². The average Bonchev–Trinajstić information content (AvgIpc) is 2.53. The van der Waals surface area contributed by atoms with Crippen LogP contribution in [0.15, 0.2) is 24.3 Å². The van der Waals surface area contributed by atoms with Gasteiger partial charge in [-0.3, -0.25) is 0 Å². The van der Waals surface area contributed by atoms with Gasteiger partial charge in [-0.25, -0.2) is 9.59 Å². The predicted molar refractivity (Wildman–Crippen MR) is 89.0 cm³/mol. The number of likely N-dealkylation sites (tertiary alicyclic amines) is 1. The predicted octanol–water partition coefficient (Wildman–Crippen LogP) is 2.56. The number of hydrogen-bond acceptors (Lipinski definition) is 5. The second-order valence-corrected chi connectivity index (χ2v) is 7.00. The molecule has 1 aliphatic rings.